The fourth-order valence-electron chi connectivity index (χ4n) is 3.31. The van der Waals surface area contributed by atoms with Gasteiger partial charge in [-0.3, -0.25) is 9.48 Å². The van der Waals surface area contributed by atoms with Gasteiger partial charge in [-0.15, -0.1) is 0 Å². The number of carboxylic acid groups (broad SMARTS) is 1. The van der Waals surface area contributed by atoms with E-state index in [9.17, 15) is 14.7 Å². The van der Waals surface area contributed by atoms with Crippen LogP contribution >= 0.6 is 23.2 Å². The SMILES string of the molecule is O=C(O)c1cn(CC2CCCCC2)n(-c2ccc(Cl)cc2Cl)c1=O. The molecule has 1 aromatic carbocycles. The van der Waals surface area contributed by atoms with E-state index < -0.39 is 11.5 Å². The molecule has 1 aliphatic carbocycles. The zero-order valence-corrected chi connectivity index (χ0v) is 14.6. The van der Waals surface area contributed by atoms with Crippen LogP contribution in [0.15, 0.2) is 29.2 Å². The average Bonchev–Trinajstić information content (AvgIpc) is 2.85. The molecule has 0 spiro atoms. The lowest BCUT2D eigenvalue weighted by Crippen LogP contribution is -2.26. The molecule has 7 heteroatoms. The molecule has 24 heavy (non-hydrogen) atoms. The number of hydrogen-bond acceptors (Lipinski definition) is 2. The van der Waals surface area contributed by atoms with Crippen molar-refractivity contribution in [1.82, 2.24) is 9.36 Å². The molecule has 2 aromatic rings. The van der Waals surface area contributed by atoms with Crippen LogP contribution in [0.3, 0.4) is 0 Å². The summed E-state index contributed by atoms with van der Waals surface area (Å²) in [6, 6.07) is 4.81. The van der Waals surface area contributed by atoms with E-state index >= 15 is 0 Å². The van der Waals surface area contributed by atoms with Crippen molar-refractivity contribution in [3.8, 4) is 5.69 Å². The first kappa shape index (κ1) is 17.1. The van der Waals surface area contributed by atoms with Crippen molar-refractivity contribution in [3.05, 3.63) is 50.4 Å². The van der Waals surface area contributed by atoms with Crippen molar-refractivity contribution in [2.75, 3.05) is 0 Å². The van der Waals surface area contributed by atoms with E-state index in [1.807, 2.05) is 0 Å². The standard InChI is InChI=1S/C17H18Cl2N2O3/c18-12-6-7-15(14(19)8-12)21-16(22)13(17(23)24)10-20(21)9-11-4-2-1-3-5-11/h6-8,10-11H,1-5,9H2,(H,23,24). The highest BCUT2D eigenvalue weighted by Crippen LogP contribution is 2.27. The summed E-state index contributed by atoms with van der Waals surface area (Å²) in [5, 5.41) is 10.1. The minimum Gasteiger partial charge on any atom is -0.477 e. The predicted octanol–water partition coefficient (Wildman–Crippen LogP) is 4.22. The summed E-state index contributed by atoms with van der Waals surface area (Å²) in [5.74, 6) is -0.800. The molecule has 1 aromatic heterocycles. The van der Waals surface area contributed by atoms with Gasteiger partial charge < -0.3 is 5.11 Å². The molecule has 0 bridgehead atoms. The Labute approximate surface area is 149 Å². The summed E-state index contributed by atoms with van der Waals surface area (Å²) in [4.78, 5) is 23.9. The molecule has 0 unspecified atom stereocenters. The Morgan fingerprint density at radius 1 is 1.21 bits per heavy atom. The normalized spacial score (nSPS) is 15.6. The largest absolute Gasteiger partial charge is 0.477 e. The summed E-state index contributed by atoms with van der Waals surface area (Å²) in [7, 11) is 0. The Bertz CT molecular complexity index is 820. The molecule has 5 nitrogen and oxygen atoms in total. The maximum Gasteiger partial charge on any atom is 0.342 e. The number of aromatic carboxylic acids is 1. The third-order valence-electron chi connectivity index (χ3n) is 4.50. The summed E-state index contributed by atoms with van der Waals surface area (Å²) in [6.45, 7) is 0.599. The molecule has 1 fully saturated rings. The van der Waals surface area contributed by atoms with E-state index in [1.54, 1.807) is 22.9 Å². The van der Waals surface area contributed by atoms with Crippen molar-refractivity contribution in [2.24, 2.45) is 5.92 Å². The van der Waals surface area contributed by atoms with E-state index in [2.05, 4.69) is 0 Å². The van der Waals surface area contributed by atoms with Gasteiger partial charge in [0.2, 0.25) is 0 Å². The maximum absolute atomic E-state index is 12.6. The van der Waals surface area contributed by atoms with Crippen LogP contribution in [0.25, 0.3) is 5.69 Å². The first-order valence-electron chi connectivity index (χ1n) is 7.98. The van der Waals surface area contributed by atoms with E-state index in [4.69, 9.17) is 23.2 Å². The van der Waals surface area contributed by atoms with Crippen LogP contribution in [0, 0.1) is 5.92 Å². The molecular weight excluding hydrogens is 351 g/mol. The van der Waals surface area contributed by atoms with Crippen LogP contribution in [0.5, 0.6) is 0 Å². The van der Waals surface area contributed by atoms with Crippen molar-refractivity contribution in [2.45, 2.75) is 38.6 Å². The molecular formula is C17H18Cl2N2O3. The van der Waals surface area contributed by atoms with Gasteiger partial charge in [0.1, 0.15) is 5.56 Å². The molecule has 0 amide bonds. The lowest BCUT2D eigenvalue weighted by atomic mass is 9.89. The van der Waals surface area contributed by atoms with Gasteiger partial charge in [-0.2, -0.15) is 0 Å². The third kappa shape index (κ3) is 3.37. The number of aromatic nitrogens is 2. The van der Waals surface area contributed by atoms with Gasteiger partial charge in [-0.1, -0.05) is 42.5 Å². The molecule has 1 N–H and O–H groups in total. The molecule has 128 valence electrons. The maximum atomic E-state index is 12.6. The van der Waals surface area contributed by atoms with Gasteiger partial charge in [-0.25, -0.2) is 9.48 Å². The van der Waals surface area contributed by atoms with E-state index in [-0.39, 0.29) is 5.56 Å². The van der Waals surface area contributed by atoms with E-state index in [1.165, 1.54) is 30.1 Å². The number of carbonyl (C=O) groups is 1. The summed E-state index contributed by atoms with van der Waals surface area (Å²) < 4.78 is 3.02. The minimum atomic E-state index is -1.23. The Kier molecular flexibility index (Phi) is 5.01. The van der Waals surface area contributed by atoms with Crippen LogP contribution in [-0.4, -0.2) is 20.4 Å². The van der Waals surface area contributed by atoms with E-state index in [0.717, 1.165) is 12.8 Å². The Balaban J connectivity index is 2.08. The zero-order valence-electron chi connectivity index (χ0n) is 13.0. The van der Waals surface area contributed by atoms with Gasteiger partial charge in [-0.05, 0) is 37.0 Å². The lowest BCUT2D eigenvalue weighted by Gasteiger charge is -2.23. The van der Waals surface area contributed by atoms with Crippen molar-refractivity contribution < 1.29 is 9.90 Å². The molecule has 3 rings (SSSR count). The second-order valence-corrected chi connectivity index (χ2v) is 7.03. The quantitative estimate of drug-likeness (QED) is 0.878. The highest BCUT2D eigenvalue weighted by atomic mass is 35.5. The van der Waals surface area contributed by atoms with Crippen molar-refractivity contribution in [3.63, 3.8) is 0 Å². The first-order chi connectivity index (χ1) is 11.5. The smallest absolute Gasteiger partial charge is 0.342 e. The van der Waals surface area contributed by atoms with Crippen LogP contribution in [0.1, 0.15) is 42.5 Å². The zero-order chi connectivity index (χ0) is 17.3. The van der Waals surface area contributed by atoms with Gasteiger partial charge in [0.25, 0.3) is 5.56 Å². The molecule has 1 aliphatic rings. The first-order valence-corrected chi connectivity index (χ1v) is 8.74. The molecule has 0 radical (unpaired) electrons. The molecule has 1 heterocycles. The predicted molar refractivity (Wildman–Crippen MR) is 93.6 cm³/mol. The van der Waals surface area contributed by atoms with Crippen LogP contribution < -0.4 is 5.56 Å². The van der Waals surface area contributed by atoms with Crippen LogP contribution in [0.2, 0.25) is 10.0 Å². The average molecular weight is 369 g/mol. The number of halogens is 2. The van der Waals surface area contributed by atoms with Gasteiger partial charge >= 0.3 is 5.97 Å². The van der Waals surface area contributed by atoms with Gasteiger partial charge in [0.05, 0.1) is 10.7 Å². The summed E-state index contributed by atoms with van der Waals surface area (Å²) in [6.07, 6.45) is 7.15. The topological polar surface area (TPSA) is 64.2 Å². The van der Waals surface area contributed by atoms with Gasteiger partial charge in [0, 0.05) is 17.8 Å². The van der Waals surface area contributed by atoms with Gasteiger partial charge in [0.15, 0.2) is 0 Å². The minimum absolute atomic E-state index is 0.253. The van der Waals surface area contributed by atoms with Crippen molar-refractivity contribution in [1.29, 1.82) is 0 Å². The number of benzene rings is 1. The lowest BCUT2D eigenvalue weighted by molar-refractivity contribution is 0.0695. The molecule has 0 saturated heterocycles. The Morgan fingerprint density at radius 2 is 1.92 bits per heavy atom. The Hall–Kier alpha value is -1.72. The number of rotatable bonds is 4. The highest BCUT2D eigenvalue weighted by molar-refractivity contribution is 6.35. The second kappa shape index (κ2) is 7.03. The molecule has 1 saturated carbocycles. The molecule has 0 aliphatic heterocycles. The monoisotopic (exact) mass is 368 g/mol. The Morgan fingerprint density at radius 3 is 2.54 bits per heavy atom. The van der Waals surface area contributed by atoms with Crippen LogP contribution in [-0.2, 0) is 6.54 Å². The van der Waals surface area contributed by atoms with Crippen LogP contribution in [0.4, 0.5) is 0 Å². The number of hydrogen-bond donors (Lipinski definition) is 1. The second-order valence-electron chi connectivity index (χ2n) is 6.19. The van der Waals surface area contributed by atoms with E-state index in [0.29, 0.717) is 28.2 Å². The number of carboxylic acids is 1. The molecule has 0 atom stereocenters. The fourth-order valence-corrected chi connectivity index (χ4v) is 3.80. The fraction of sp³-hybridized carbons (Fsp3) is 0.412. The number of nitrogens with zero attached hydrogens (tertiary/aromatic N) is 2. The third-order valence-corrected chi connectivity index (χ3v) is 5.03. The highest BCUT2D eigenvalue weighted by Gasteiger charge is 2.22. The summed E-state index contributed by atoms with van der Waals surface area (Å²) >= 11 is 12.2. The van der Waals surface area contributed by atoms with Crippen molar-refractivity contribution >= 4 is 29.2 Å². The summed E-state index contributed by atoms with van der Waals surface area (Å²) in [5.41, 5.74) is -0.395.